The van der Waals surface area contributed by atoms with Gasteiger partial charge >= 0.3 is 5.76 Å². The number of hydrogen-bond donors (Lipinski definition) is 1. The average Bonchev–Trinajstić information content (AvgIpc) is 3.25. The minimum atomic E-state index is -0.391. The maximum Gasteiger partial charge on any atom is 0.421 e. The molecule has 1 aromatic carbocycles. The predicted octanol–water partition coefficient (Wildman–Crippen LogP) is 2.47. The summed E-state index contributed by atoms with van der Waals surface area (Å²) in [5.41, 5.74) is 3.16. The van der Waals surface area contributed by atoms with Crippen molar-refractivity contribution in [3.8, 4) is 0 Å². The molecule has 1 atom stereocenters. The molecule has 0 radical (unpaired) electrons. The number of hydrogen-bond acceptors (Lipinski definition) is 5. The summed E-state index contributed by atoms with van der Waals surface area (Å²) in [6.07, 6.45) is 3.21. The Bertz CT molecular complexity index is 1010. The number of rotatable bonds is 6. The summed E-state index contributed by atoms with van der Waals surface area (Å²) in [7, 11) is 0. The number of benzene rings is 1. The van der Waals surface area contributed by atoms with Crippen molar-refractivity contribution in [2.75, 3.05) is 18.0 Å². The molecule has 7 heteroatoms. The number of aromatic nitrogens is 2. The van der Waals surface area contributed by atoms with E-state index in [1.165, 1.54) is 4.57 Å². The van der Waals surface area contributed by atoms with Crippen LogP contribution in [0.15, 0.2) is 51.8 Å². The van der Waals surface area contributed by atoms with Gasteiger partial charge in [0.1, 0.15) is 0 Å². The van der Waals surface area contributed by atoms with E-state index in [0.29, 0.717) is 30.7 Å². The maximum absolute atomic E-state index is 12.0. The normalized spacial score (nSPS) is 15.6. The van der Waals surface area contributed by atoms with E-state index in [-0.39, 0.29) is 11.9 Å². The molecule has 1 fully saturated rings. The standard InChI is InChI=1S/C20H22N4O3/c1-14(15-6-8-16(9-7-15)23-12-3-5-18(23)25)21-11-13-24-19-17(27-20(24)26)4-2-10-22-19/h2,4,6-10,14,21H,3,5,11-13H2,1H3. The molecule has 2 aromatic heterocycles. The van der Waals surface area contributed by atoms with Crippen molar-refractivity contribution in [2.45, 2.75) is 32.4 Å². The topological polar surface area (TPSA) is 80.4 Å². The quantitative estimate of drug-likeness (QED) is 0.725. The van der Waals surface area contributed by atoms with Gasteiger partial charge in [-0.05, 0) is 43.2 Å². The third kappa shape index (κ3) is 3.50. The van der Waals surface area contributed by atoms with Crippen molar-refractivity contribution in [3.05, 3.63) is 58.7 Å². The molecule has 0 spiro atoms. The molecule has 1 unspecified atom stereocenters. The number of oxazole rings is 1. The molecule has 1 aliphatic rings. The Kier molecular flexibility index (Phi) is 4.77. The van der Waals surface area contributed by atoms with Crippen LogP contribution in [0.25, 0.3) is 11.2 Å². The van der Waals surface area contributed by atoms with Gasteiger partial charge < -0.3 is 14.6 Å². The molecule has 1 saturated heterocycles. The van der Waals surface area contributed by atoms with E-state index in [1.54, 1.807) is 18.3 Å². The first-order chi connectivity index (χ1) is 13.1. The summed E-state index contributed by atoms with van der Waals surface area (Å²) in [6, 6.07) is 11.7. The zero-order valence-corrected chi connectivity index (χ0v) is 15.2. The van der Waals surface area contributed by atoms with E-state index in [4.69, 9.17) is 4.42 Å². The lowest BCUT2D eigenvalue weighted by Gasteiger charge is -2.18. The molecule has 3 heterocycles. The molecule has 140 valence electrons. The van der Waals surface area contributed by atoms with Crippen LogP contribution in [-0.4, -0.2) is 28.5 Å². The van der Waals surface area contributed by atoms with E-state index >= 15 is 0 Å². The van der Waals surface area contributed by atoms with Crippen molar-refractivity contribution >= 4 is 22.8 Å². The fourth-order valence-electron chi connectivity index (χ4n) is 3.47. The molecule has 3 aromatic rings. The van der Waals surface area contributed by atoms with Gasteiger partial charge in [-0.25, -0.2) is 9.78 Å². The van der Waals surface area contributed by atoms with E-state index in [9.17, 15) is 9.59 Å². The first kappa shape index (κ1) is 17.5. The monoisotopic (exact) mass is 366 g/mol. The van der Waals surface area contributed by atoms with Crippen LogP contribution in [0.5, 0.6) is 0 Å². The van der Waals surface area contributed by atoms with E-state index in [1.807, 2.05) is 29.2 Å². The summed E-state index contributed by atoms with van der Waals surface area (Å²) in [6.45, 7) is 3.96. The smallest absolute Gasteiger partial charge is 0.406 e. The van der Waals surface area contributed by atoms with Crippen molar-refractivity contribution in [1.29, 1.82) is 0 Å². The largest absolute Gasteiger partial charge is 0.421 e. The molecule has 0 saturated carbocycles. The second-order valence-electron chi connectivity index (χ2n) is 6.76. The lowest BCUT2D eigenvalue weighted by atomic mass is 10.1. The highest BCUT2D eigenvalue weighted by Gasteiger charge is 2.21. The minimum Gasteiger partial charge on any atom is -0.406 e. The maximum atomic E-state index is 12.0. The molecule has 7 nitrogen and oxygen atoms in total. The average molecular weight is 366 g/mol. The van der Waals surface area contributed by atoms with Crippen molar-refractivity contribution < 1.29 is 9.21 Å². The number of carbonyl (C=O) groups excluding carboxylic acids is 1. The van der Waals surface area contributed by atoms with Gasteiger partial charge in [-0.3, -0.25) is 9.36 Å². The molecular weight excluding hydrogens is 344 g/mol. The Morgan fingerprint density at radius 1 is 1.22 bits per heavy atom. The zero-order chi connectivity index (χ0) is 18.8. The van der Waals surface area contributed by atoms with Gasteiger partial charge in [0, 0.05) is 44.0 Å². The predicted molar refractivity (Wildman–Crippen MR) is 103 cm³/mol. The van der Waals surface area contributed by atoms with Crippen molar-refractivity contribution in [2.24, 2.45) is 0 Å². The number of carbonyl (C=O) groups is 1. The van der Waals surface area contributed by atoms with Crippen molar-refractivity contribution in [3.63, 3.8) is 0 Å². The Morgan fingerprint density at radius 3 is 2.78 bits per heavy atom. The van der Waals surface area contributed by atoms with Crippen LogP contribution in [0.3, 0.4) is 0 Å². The Labute approximate surface area is 156 Å². The molecule has 0 aliphatic carbocycles. The second-order valence-corrected chi connectivity index (χ2v) is 6.76. The van der Waals surface area contributed by atoms with Crippen LogP contribution in [0, 0.1) is 0 Å². The lowest BCUT2D eigenvalue weighted by Crippen LogP contribution is -2.27. The van der Waals surface area contributed by atoms with Crippen LogP contribution in [0.4, 0.5) is 5.69 Å². The summed E-state index contributed by atoms with van der Waals surface area (Å²) in [5.74, 6) is -0.196. The first-order valence-electron chi connectivity index (χ1n) is 9.21. The summed E-state index contributed by atoms with van der Waals surface area (Å²) >= 11 is 0. The number of nitrogens with zero attached hydrogens (tertiary/aromatic N) is 3. The van der Waals surface area contributed by atoms with Crippen LogP contribution in [-0.2, 0) is 11.3 Å². The van der Waals surface area contributed by atoms with Gasteiger partial charge in [-0.2, -0.15) is 0 Å². The third-order valence-electron chi connectivity index (χ3n) is 4.99. The highest BCUT2D eigenvalue weighted by molar-refractivity contribution is 5.95. The van der Waals surface area contributed by atoms with Gasteiger partial charge in [0.05, 0.1) is 0 Å². The van der Waals surface area contributed by atoms with Gasteiger partial charge in [0.15, 0.2) is 11.2 Å². The fraction of sp³-hybridized carbons (Fsp3) is 0.350. The van der Waals surface area contributed by atoms with E-state index in [2.05, 4.69) is 17.2 Å². The van der Waals surface area contributed by atoms with Crippen LogP contribution < -0.4 is 16.0 Å². The van der Waals surface area contributed by atoms with Gasteiger partial charge in [-0.1, -0.05) is 12.1 Å². The third-order valence-corrected chi connectivity index (χ3v) is 4.99. The van der Waals surface area contributed by atoms with E-state index in [0.717, 1.165) is 24.2 Å². The van der Waals surface area contributed by atoms with Gasteiger partial charge in [-0.15, -0.1) is 0 Å². The highest BCUT2D eigenvalue weighted by atomic mass is 16.4. The van der Waals surface area contributed by atoms with Gasteiger partial charge in [0.2, 0.25) is 5.91 Å². The van der Waals surface area contributed by atoms with E-state index < -0.39 is 5.76 Å². The highest BCUT2D eigenvalue weighted by Crippen LogP contribution is 2.23. The zero-order valence-electron chi connectivity index (χ0n) is 15.2. The van der Waals surface area contributed by atoms with Crippen LogP contribution >= 0.6 is 0 Å². The molecular formula is C20H22N4O3. The Hall–Kier alpha value is -2.93. The summed E-state index contributed by atoms with van der Waals surface area (Å²) in [4.78, 5) is 29.9. The van der Waals surface area contributed by atoms with Crippen LogP contribution in [0.1, 0.15) is 31.4 Å². The Balaban J connectivity index is 1.38. The lowest BCUT2D eigenvalue weighted by molar-refractivity contribution is -0.117. The summed E-state index contributed by atoms with van der Waals surface area (Å²) < 4.78 is 6.74. The fourth-order valence-corrected chi connectivity index (χ4v) is 3.47. The number of amides is 1. The number of pyridine rings is 1. The molecule has 27 heavy (non-hydrogen) atoms. The minimum absolute atomic E-state index is 0.121. The second kappa shape index (κ2) is 7.36. The molecule has 1 aliphatic heterocycles. The SMILES string of the molecule is CC(NCCn1c(=O)oc2cccnc21)c1ccc(N2CCCC2=O)cc1. The first-order valence-corrected chi connectivity index (χ1v) is 9.21. The number of nitrogens with one attached hydrogen (secondary N) is 1. The van der Waals surface area contributed by atoms with Crippen molar-refractivity contribution in [1.82, 2.24) is 14.9 Å². The molecule has 4 rings (SSSR count). The molecule has 0 bridgehead atoms. The molecule has 1 N–H and O–H groups in total. The number of anilines is 1. The van der Waals surface area contributed by atoms with Gasteiger partial charge in [0.25, 0.3) is 0 Å². The molecule has 1 amide bonds. The number of fused-ring (bicyclic) bond motifs is 1. The Morgan fingerprint density at radius 2 is 2.04 bits per heavy atom. The van der Waals surface area contributed by atoms with Crippen LogP contribution in [0.2, 0.25) is 0 Å². The summed E-state index contributed by atoms with van der Waals surface area (Å²) in [5, 5.41) is 3.42.